The number of fused-ring (bicyclic) bond motifs is 1. The molecule has 1 heterocycles. The molecule has 1 aromatic heterocycles. The molecule has 9 heteroatoms. The highest BCUT2D eigenvalue weighted by atomic mass is 35.5. The van der Waals surface area contributed by atoms with Gasteiger partial charge in [-0.3, -0.25) is 8.86 Å². The third-order valence-electron chi connectivity index (χ3n) is 4.71. The molecule has 160 valence electrons. The van der Waals surface area contributed by atoms with Gasteiger partial charge in [0, 0.05) is 16.3 Å². The number of anilines is 1. The normalized spacial score (nSPS) is 12.1. The molecule has 0 fully saturated rings. The summed E-state index contributed by atoms with van der Waals surface area (Å²) >= 11 is 5.44. The Labute approximate surface area is 186 Å². The molecular formula is C21H22ClNO5S2. The van der Waals surface area contributed by atoms with Crippen molar-refractivity contribution in [2.45, 2.75) is 26.7 Å². The number of aryl methyl sites for hydroxylation is 3. The summed E-state index contributed by atoms with van der Waals surface area (Å²) in [5.41, 5.74) is 2.85. The molecule has 0 aliphatic heterocycles. The van der Waals surface area contributed by atoms with Crippen molar-refractivity contribution in [3.63, 3.8) is 0 Å². The predicted octanol–water partition coefficient (Wildman–Crippen LogP) is 5.21. The van der Waals surface area contributed by atoms with Crippen molar-refractivity contribution in [2.75, 3.05) is 17.5 Å². The minimum Gasteiger partial charge on any atom is -0.482 e. The molecule has 1 atom stereocenters. The number of benzene rings is 2. The molecule has 0 bridgehead atoms. The number of carboxylic acids is 1. The molecule has 2 N–H and O–H groups in total. The number of halogens is 1. The van der Waals surface area contributed by atoms with Crippen molar-refractivity contribution in [3.05, 3.63) is 58.1 Å². The molecule has 0 saturated heterocycles. The van der Waals surface area contributed by atoms with Crippen LogP contribution in [0.3, 0.4) is 0 Å². The number of carbonyl (C=O) groups is 1. The molecule has 0 aliphatic rings. The average molecular weight is 468 g/mol. The van der Waals surface area contributed by atoms with E-state index in [9.17, 15) is 13.6 Å². The zero-order valence-electron chi connectivity index (χ0n) is 16.6. The van der Waals surface area contributed by atoms with E-state index in [1.165, 1.54) is 15.6 Å². The van der Waals surface area contributed by atoms with Crippen LogP contribution in [0.2, 0.25) is 5.02 Å². The number of hydrogen-bond acceptors (Lipinski definition) is 4. The van der Waals surface area contributed by atoms with E-state index in [0.717, 1.165) is 31.8 Å². The number of carboxylic acid groups (broad SMARTS) is 1. The Morgan fingerprint density at radius 2 is 2.00 bits per heavy atom. The number of aliphatic carboxylic acids is 1. The number of rotatable bonds is 9. The lowest BCUT2D eigenvalue weighted by atomic mass is 10.1. The summed E-state index contributed by atoms with van der Waals surface area (Å²) in [7, 11) is 0. The maximum atomic E-state index is 12.0. The second-order valence-electron chi connectivity index (χ2n) is 6.89. The molecule has 0 saturated carbocycles. The van der Waals surface area contributed by atoms with E-state index in [0.29, 0.717) is 30.2 Å². The summed E-state index contributed by atoms with van der Waals surface area (Å²) in [4.78, 5) is 10.6. The maximum Gasteiger partial charge on any atom is 0.341 e. The van der Waals surface area contributed by atoms with Crippen LogP contribution in [0.5, 0.6) is 5.75 Å². The molecule has 0 amide bonds. The summed E-state index contributed by atoms with van der Waals surface area (Å²) in [6, 6.07) is 11.2. The first kappa shape index (κ1) is 22.6. The Bertz CT molecular complexity index is 1100. The maximum absolute atomic E-state index is 12.0. The molecule has 2 aromatic carbocycles. The van der Waals surface area contributed by atoms with Crippen molar-refractivity contribution in [3.8, 4) is 5.75 Å². The predicted molar refractivity (Wildman–Crippen MR) is 122 cm³/mol. The van der Waals surface area contributed by atoms with Crippen LogP contribution in [0.4, 0.5) is 5.00 Å². The Hall–Kier alpha value is -2.13. The Morgan fingerprint density at radius 1 is 1.23 bits per heavy atom. The van der Waals surface area contributed by atoms with E-state index in [-0.39, 0.29) is 6.61 Å². The van der Waals surface area contributed by atoms with Gasteiger partial charge in [0.05, 0.1) is 0 Å². The van der Waals surface area contributed by atoms with E-state index >= 15 is 0 Å². The Balaban J connectivity index is 1.69. The standard InChI is InChI=1S/C21H22ClNO5S2/c1-13-10-15(5-7-18(13)28-12-20(24)25)4-3-9-23(30(26)27)21-14(2)17-11-16(22)6-8-19(17)29-21/h5-8,10-11H,3-4,9,12H2,1-2H3,(H,24,25)(H,26,27). The van der Waals surface area contributed by atoms with Gasteiger partial charge >= 0.3 is 5.97 Å². The number of hydrogen-bond donors (Lipinski definition) is 2. The fourth-order valence-corrected chi connectivity index (χ4v) is 5.43. The van der Waals surface area contributed by atoms with E-state index < -0.39 is 17.2 Å². The molecule has 3 rings (SSSR count). The van der Waals surface area contributed by atoms with E-state index in [4.69, 9.17) is 21.4 Å². The minimum absolute atomic E-state index is 0.378. The molecule has 6 nitrogen and oxygen atoms in total. The fraction of sp³-hybridized carbons (Fsp3) is 0.286. The number of thiophene rings is 1. The number of ether oxygens (including phenoxy) is 1. The molecule has 30 heavy (non-hydrogen) atoms. The van der Waals surface area contributed by atoms with Crippen LogP contribution in [0.1, 0.15) is 23.1 Å². The largest absolute Gasteiger partial charge is 0.482 e. The summed E-state index contributed by atoms with van der Waals surface area (Å²) in [5.74, 6) is -0.479. The highest BCUT2D eigenvalue weighted by Gasteiger charge is 2.19. The van der Waals surface area contributed by atoms with E-state index in [2.05, 4.69) is 0 Å². The molecule has 0 spiro atoms. The zero-order chi connectivity index (χ0) is 21.8. The van der Waals surface area contributed by atoms with Crippen LogP contribution in [0, 0.1) is 13.8 Å². The van der Waals surface area contributed by atoms with Crippen molar-refractivity contribution >= 4 is 55.3 Å². The van der Waals surface area contributed by atoms with Gasteiger partial charge in [-0.1, -0.05) is 23.7 Å². The summed E-state index contributed by atoms with van der Waals surface area (Å²) < 4.78 is 29.7. The number of nitrogens with zero attached hydrogens (tertiary/aromatic N) is 1. The second-order valence-corrected chi connectivity index (χ2v) is 9.26. The van der Waals surface area contributed by atoms with Crippen LogP contribution in [0.15, 0.2) is 36.4 Å². The van der Waals surface area contributed by atoms with Gasteiger partial charge in [0.25, 0.3) is 11.3 Å². The first-order valence-electron chi connectivity index (χ1n) is 9.27. The van der Waals surface area contributed by atoms with Crippen LogP contribution < -0.4 is 9.04 Å². The van der Waals surface area contributed by atoms with E-state index in [1.54, 1.807) is 6.07 Å². The summed E-state index contributed by atoms with van der Waals surface area (Å²) in [6.45, 7) is 3.84. The minimum atomic E-state index is -2.13. The lowest BCUT2D eigenvalue weighted by Gasteiger charge is -2.19. The molecule has 0 aliphatic carbocycles. The monoisotopic (exact) mass is 467 g/mol. The smallest absolute Gasteiger partial charge is 0.341 e. The van der Waals surface area contributed by atoms with Crippen molar-refractivity contribution in [1.82, 2.24) is 0 Å². The Morgan fingerprint density at radius 3 is 2.67 bits per heavy atom. The van der Waals surface area contributed by atoms with Crippen LogP contribution >= 0.6 is 22.9 Å². The fourth-order valence-electron chi connectivity index (χ4n) is 3.26. The molecular weight excluding hydrogens is 446 g/mol. The van der Waals surface area contributed by atoms with Crippen LogP contribution in [0.25, 0.3) is 10.1 Å². The van der Waals surface area contributed by atoms with Crippen LogP contribution in [-0.4, -0.2) is 33.0 Å². The first-order chi connectivity index (χ1) is 14.3. The van der Waals surface area contributed by atoms with Gasteiger partial charge in [0.2, 0.25) is 0 Å². The van der Waals surface area contributed by atoms with Crippen LogP contribution in [-0.2, 0) is 22.5 Å². The van der Waals surface area contributed by atoms with Gasteiger partial charge in [0.15, 0.2) is 6.61 Å². The molecule has 1 unspecified atom stereocenters. The van der Waals surface area contributed by atoms with Gasteiger partial charge in [-0.15, -0.1) is 11.3 Å². The summed E-state index contributed by atoms with van der Waals surface area (Å²) in [6.07, 6.45) is 1.39. The molecule has 0 radical (unpaired) electrons. The van der Waals surface area contributed by atoms with Crippen molar-refractivity contribution in [2.24, 2.45) is 0 Å². The molecule has 3 aromatic rings. The topological polar surface area (TPSA) is 87.1 Å². The second kappa shape index (κ2) is 9.78. The third kappa shape index (κ3) is 5.31. The first-order valence-corrected chi connectivity index (χ1v) is 11.5. The van der Waals surface area contributed by atoms with E-state index in [1.807, 2.05) is 44.2 Å². The Kier molecular flexibility index (Phi) is 7.36. The van der Waals surface area contributed by atoms with Crippen molar-refractivity contribution < 1.29 is 23.4 Å². The lowest BCUT2D eigenvalue weighted by Crippen LogP contribution is -2.26. The summed E-state index contributed by atoms with van der Waals surface area (Å²) in [5, 5.41) is 11.1. The van der Waals surface area contributed by atoms with Crippen molar-refractivity contribution in [1.29, 1.82) is 0 Å². The average Bonchev–Trinajstić information content (AvgIpc) is 3.00. The van der Waals surface area contributed by atoms with Gasteiger partial charge in [-0.25, -0.2) is 9.00 Å². The third-order valence-corrected chi connectivity index (χ3v) is 7.09. The van der Waals surface area contributed by atoms with Gasteiger partial charge in [-0.05, 0) is 73.0 Å². The SMILES string of the molecule is Cc1cc(CCCN(c2sc3ccc(Cl)cc3c2C)S(=O)O)ccc1OCC(=O)O. The van der Waals surface area contributed by atoms with Gasteiger partial charge < -0.3 is 9.84 Å². The quantitative estimate of drug-likeness (QED) is 0.422. The highest BCUT2D eigenvalue weighted by molar-refractivity contribution is 7.81. The highest BCUT2D eigenvalue weighted by Crippen LogP contribution is 2.39. The lowest BCUT2D eigenvalue weighted by molar-refractivity contribution is -0.139. The van der Waals surface area contributed by atoms with Gasteiger partial charge in [-0.2, -0.15) is 0 Å². The zero-order valence-corrected chi connectivity index (χ0v) is 18.9. The van der Waals surface area contributed by atoms with Gasteiger partial charge in [0.1, 0.15) is 10.8 Å².